The first-order valence-electron chi connectivity index (χ1n) is 16.8. The Balaban J connectivity index is 1.04. The van der Waals surface area contributed by atoms with Gasteiger partial charge in [-0.15, -0.1) is 22.7 Å². The third-order valence-corrected chi connectivity index (χ3v) is 12.4. The molecule has 8 aromatic carbocycles. The van der Waals surface area contributed by atoms with E-state index in [2.05, 4.69) is 157 Å². The molecular weight excluding hydrogens is 647 g/mol. The number of thiophene rings is 2. The maximum absolute atomic E-state index is 6.36. The second-order valence-electron chi connectivity index (χ2n) is 12.9. The first-order valence-corrected chi connectivity index (χ1v) is 18.5. The van der Waals surface area contributed by atoms with Crippen LogP contribution in [0, 0.1) is 0 Å². The largest absolute Gasteiger partial charge is 0.456 e. The van der Waals surface area contributed by atoms with E-state index in [1.54, 1.807) is 0 Å². The Bertz CT molecular complexity index is 3110. The van der Waals surface area contributed by atoms with Crippen LogP contribution in [0.3, 0.4) is 0 Å². The van der Waals surface area contributed by atoms with Crippen LogP contribution >= 0.6 is 22.7 Å². The van der Waals surface area contributed by atoms with E-state index in [4.69, 9.17) is 4.42 Å². The average Bonchev–Trinajstić information content (AvgIpc) is 3.86. The van der Waals surface area contributed by atoms with E-state index in [0.717, 1.165) is 39.0 Å². The lowest BCUT2D eigenvalue weighted by Crippen LogP contribution is -2.09. The second-order valence-corrected chi connectivity index (χ2v) is 15.1. The molecule has 0 unspecified atom stereocenters. The predicted octanol–water partition coefficient (Wildman–Crippen LogP) is 14.6. The van der Waals surface area contributed by atoms with Gasteiger partial charge < -0.3 is 9.32 Å². The quantitative estimate of drug-likeness (QED) is 0.185. The molecule has 0 amide bonds. The van der Waals surface area contributed by atoms with Crippen LogP contribution in [0.25, 0.3) is 84.2 Å². The lowest BCUT2D eigenvalue weighted by Gasteiger charge is -2.26. The van der Waals surface area contributed by atoms with E-state index in [-0.39, 0.29) is 0 Å². The van der Waals surface area contributed by atoms with E-state index in [9.17, 15) is 0 Å². The Morgan fingerprint density at radius 2 is 1.00 bits per heavy atom. The van der Waals surface area contributed by atoms with Crippen LogP contribution in [-0.4, -0.2) is 0 Å². The fourth-order valence-electron chi connectivity index (χ4n) is 7.64. The number of anilines is 3. The summed E-state index contributed by atoms with van der Waals surface area (Å²) in [5, 5.41) is 10.1. The van der Waals surface area contributed by atoms with Crippen molar-refractivity contribution >= 4 is 113 Å². The highest BCUT2D eigenvalue weighted by Crippen LogP contribution is 2.44. The molecule has 0 aliphatic heterocycles. The molecule has 0 fully saturated rings. The minimum atomic E-state index is 0.886. The molecule has 0 N–H and O–H groups in total. The van der Waals surface area contributed by atoms with Crippen molar-refractivity contribution in [3.8, 4) is 11.1 Å². The molecule has 0 radical (unpaired) electrons. The Hall–Kier alpha value is -5.94. The number of hydrogen-bond donors (Lipinski definition) is 0. The summed E-state index contributed by atoms with van der Waals surface area (Å²) in [6, 6.07) is 59.5. The third-order valence-electron chi connectivity index (χ3n) is 10.1. The molecule has 2 nitrogen and oxygen atoms in total. The summed E-state index contributed by atoms with van der Waals surface area (Å²) in [5.41, 5.74) is 7.48. The van der Waals surface area contributed by atoms with Crippen molar-refractivity contribution in [2.75, 3.05) is 4.90 Å². The van der Waals surface area contributed by atoms with Crippen LogP contribution in [0.4, 0.5) is 17.1 Å². The molecular formula is C46H27NOS2. The van der Waals surface area contributed by atoms with Gasteiger partial charge in [-0.1, -0.05) is 97.1 Å². The molecule has 50 heavy (non-hydrogen) atoms. The maximum Gasteiger partial charge on any atom is 0.137 e. The molecule has 3 heterocycles. The number of fused-ring (bicyclic) bond motifs is 11. The molecule has 11 aromatic rings. The molecule has 0 aliphatic rings. The highest BCUT2D eigenvalue weighted by Gasteiger charge is 2.18. The van der Waals surface area contributed by atoms with Gasteiger partial charge in [0.05, 0.1) is 0 Å². The first-order chi connectivity index (χ1) is 24.7. The van der Waals surface area contributed by atoms with Gasteiger partial charge in [0, 0.05) is 74.2 Å². The molecule has 0 saturated carbocycles. The van der Waals surface area contributed by atoms with Crippen LogP contribution < -0.4 is 4.90 Å². The Morgan fingerprint density at radius 3 is 1.92 bits per heavy atom. The second kappa shape index (κ2) is 10.8. The zero-order chi connectivity index (χ0) is 32.8. The minimum Gasteiger partial charge on any atom is -0.456 e. The molecule has 0 aliphatic carbocycles. The van der Waals surface area contributed by atoms with Crippen LogP contribution in [0.15, 0.2) is 168 Å². The standard InChI is InChI=1S/C46H27NOS2/c1-2-8-34-29(7-1)15-22-39-38-21-16-30(25-45(38)50-46(34)39)28-13-17-31(18-14-28)47(32-20-24-44-40(26-32)37-10-4-6-12-43(37)49-44)33-19-23-36-35-9-3-5-11-41(35)48-42(36)27-33/h1-27H. The van der Waals surface area contributed by atoms with Crippen LogP contribution in [0.5, 0.6) is 0 Å². The summed E-state index contributed by atoms with van der Waals surface area (Å²) < 4.78 is 11.6. The lowest BCUT2D eigenvalue weighted by molar-refractivity contribution is 0.669. The zero-order valence-electron chi connectivity index (χ0n) is 26.8. The van der Waals surface area contributed by atoms with Gasteiger partial charge in [-0.25, -0.2) is 0 Å². The first kappa shape index (κ1) is 28.0. The van der Waals surface area contributed by atoms with E-state index >= 15 is 0 Å². The van der Waals surface area contributed by atoms with E-state index < -0.39 is 0 Å². The van der Waals surface area contributed by atoms with Gasteiger partial charge in [0.25, 0.3) is 0 Å². The normalized spacial score (nSPS) is 12.0. The number of para-hydroxylation sites is 1. The highest BCUT2D eigenvalue weighted by atomic mass is 32.1. The van der Waals surface area contributed by atoms with Gasteiger partial charge in [-0.3, -0.25) is 0 Å². The molecule has 0 bridgehead atoms. The van der Waals surface area contributed by atoms with E-state index in [0.29, 0.717) is 0 Å². The maximum atomic E-state index is 6.36. The van der Waals surface area contributed by atoms with Crippen LogP contribution in [0.1, 0.15) is 0 Å². The molecule has 3 aromatic heterocycles. The Labute approximate surface area is 295 Å². The third kappa shape index (κ3) is 4.26. The van der Waals surface area contributed by atoms with Crippen molar-refractivity contribution < 1.29 is 4.42 Å². The molecule has 0 atom stereocenters. The van der Waals surface area contributed by atoms with Gasteiger partial charge in [-0.05, 0) is 82.6 Å². The molecule has 234 valence electrons. The van der Waals surface area contributed by atoms with Crippen LogP contribution in [0.2, 0.25) is 0 Å². The SMILES string of the molecule is c1ccc2c(c1)ccc1c3ccc(-c4ccc(N(c5ccc6c(c5)oc5ccccc56)c5ccc6sc7ccccc7c6c5)cc4)cc3sc21. The fourth-order valence-corrected chi connectivity index (χ4v) is 10.0. The monoisotopic (exact) mass is 673 g/mol. The highest BCUT2D eigenvalue weighted by molar-refractivity contribution is 7.26. The van der Waals surface area contributed by atoms with Gasteiger partial charge in [-0.2, -0.15) is 0 Å². The van der Waals surface area contributed by atoms with Crippen molar-refractivity contribution in [2.24, 2.45) is 0 Å². The fraction of sp³-hybridized carbons (Fsp3) is 0. The summed E-state index contributed by atoms with van der Waals surface area (Å²) in [6.07, 6.45) is 0. The van der Waals surface area contributed by atoms with E-state index in [1.165, 1.54) is 62.2 Å². The zero-order valence-corrected chi connectivity index (χ0v) is 28.4. The van der Waals surface area contributed by atoms with Crippen molar-refractivity contribution in [3.05, 3.63) is 164 Å². The number of furan rings is 1. The van der Waals surface area contributed by atoms with Crippen molar-refractivity contribution in [2.45, 2.75) is 0 Å². The molecule has 0 spiro atoms. The van der Waals surface area contributed by atoms with Gasteiger partial charge >= 0.3 is 0 Å². The summed E-state index contributed by atoms with van der Waals surface area (Å²) in [7, 11) is 0. The lowest BCUT2D eigenvalue weighted by atomic mass is 10.0. The van der Waals surface area contributed by atoms with Crippen molar-refractivity contribution in [1.29, 1.82) is 0 Å². The van der Waals surface area contributed by atoms with Gasteiger partial charge in [0.15, 0.2) is 0 Å². The van der Waals surface area contributed by atoms with Gasteiger partial charge in [0.1, 0.15) is 11.2 Å². The minimum absolute atomic E-state index is 0.886. The molecule has 0 saturated heterocycles. The number of rotatable bonds is 4. The molecule has 4 heteroatoms. The Kier molecular flexibility index (Phi) is 6.03. The van der Waals surface area contributed by atoms with E-state index in [1.807, 2.05) is 34.8 Å². The van der Waals surface area contributed by atoms with Gasteiger partial charge in [0.2, 0.25) is 0 Å². The summed E-state index contributed by atoms with van der Waals surface area (Å²) in [6.45, 7) is 0. The van der Waals surface area contributed by atoms with Crippen LogP contribution in [-0.2, 0) is 0 Å². The predicted molar refractivity (Wildman–Crippen MR) is 217 cm³/mol. The molecule has 11 rings (SSSR count). The van der Waals surface area contributed by atoms with Crippen molar-refractivity contribution in [3.63, 3.8) is 0 Å². The summed E-state index contributed by atoms with van der Waals surface area (Å²) >= 11 is 3.74. The summed E-state index contributed by atoms with van der Waals surface area (Å²) in [4.78, 5) is 2.35. The van der Waals surface area contributed by atoms with Crippen molar-refractivity contribution in [1.82, 2.24) is 0 Å². The number of hydrogen-bond acceptors (Lipinski definition) is 4. The topological polar surface area (TPSA) is 16.4 Å². The number of benzene rings is 8. The number of nitrogens with zero attached hydrogens (tertiary/aromatic N) is 1. The Morgan fingerprint density at radius 1 is 0.360 bits per heavy atom. The summed E-state index contributed by atoms with van der Waals surface area (Å²) in [5.74, 6) is 0. The average molecular weight is 674 g/mol. The smallest absolute Gasteiger partial charge is 0.137 e.